The molecule has 6 nitrogen and oxygen atoms in total. The minimum Gasteiger partial charge on any atom is -0.383 e. The van der Waals surface area contributed by atoms with Gasteiger partial charge in [-0.25, -0.2) is 4.39 Å². The van der Waals surface area contributed by atoms with E-state index in [0.717, 1.165) is 27.3 Å². The Morgan fingerprint density at radius 2 is 1.94 bits per heavy atom. The van der Waals surface area contributed by atoms with Crippen molar-refractivity contribution in [2.75, 3.05) is 31.9 Å². The third-order valence-corrected chi connectivity index (χ3v) is 7.40. The standard InChI is InChI=1S/C25H24FN3O3S/c1-16-21(30)9-10-28-23(16)25(31)27(11-12-32-2)15-29(28)24-19-6-4-3-5-17(19)14-33-22-8-7-18(26)13-20(22)24/h3-10,13,24H,11-12,14-15H2,1-2H3. The van der Waals surface area contributed by atoms with E-state index >= 15 is 0 Å². The number of rotatable bonds is 4. The van der Waals surface area contributed by atoms with Gasteiger partial charge in [-0.15, -0.1) is 11.8 Å². The highest BCUT2D eigenvalue weighted by molar-refractivity contribution is 7.98. The van der Waals surface area contributed by atoms with Crippen LogP contribution in [0.5, 0.6) is 0 Å². The Morgan fingerprint density at radius 3 is 2.76 bits per heavy atom. The number of aromatic nitrogens is 1. The van der Waals surface area contributed by atoms with Gasteiger partial charge in [-0.2, -0.15) is 0 Å². The Morgan fingerprint density at radius 1 is 1.12 bits per heavy atom. The number of halogens is 1. The number of pyridine rings is 1. The summed E-state index contributed by atoms with van der Waals surface area (Å²) in [6.45, 7) is 2.71. The van der Waals surface area contributed by atoms with Gasteiger partial charge in [0.15, 0.2) is 5.43 Å². The van der Waals surface area contributed by atoms with Gasteiger partial charge in [-0.05, 0) is 41.8 Å². The fourth-order valence-corrected chi connectivity index (χ4v) is 5.65. The van der Waals surface area contributed by atoms with E-state index in [4.69, 9.17) is 4.74 Å². The summed E-state index contributed by atoms with van der Waals surface area (Å²) in [6, 6.07) is 14.2. The van der Waals surface area contributed by atoms with E-state index in [-0.39, 0.29) is 29.9 Å². The number of ether oxygens (including phenoxy) is 1. The number of hydrogen-bond donors (Lipinski definition) is 0. The van der Waals surface area contributed by atoms with Crippen molar-refractivity contribution >= 4 is 17.7 Å². The molecule has 0 radical (unpaired) electrons. The van der Waals surface area contributed by atoms with Gasteiger partial charge in [-0.3, -0.25) is 19.3 Å². The molecule has 170 valence electrons. The highest BCUT2D eigenvalue weighted by Crippen LogP contribution is 2.42. The summed E-state index contributed by atoms with van der Waals surface area (Å²) in [6.07, 6.45) is 1.65. The Labute approximate surface area is 195 Å². The minimum absolute atomic E-state index is 0.189. The molecule has 3 aromatic rings. The van der Waals surface area contributed by atoms with E-state index < -0.39 is 0 Å². The normalized spacial score (nSPS) is 17.3. The molecule has 33 heavy (non-hydrogen) atoms. The quantitative estimate of drug-likeness (QED) is 0.588. The van der Waals surface area contributed by atoms with Gasteiger partial charge in [-0.1, -0.05) is 24.3 Å². The van der Waals surface area contributed by atoms with Crippen molar-refractivity contribution in [3.63, 3.8) is 0 Å². The Balaban J connectivity index is 1.75. The van der Waals surface area contributed by atoms with Gasteiger partial charge in [0, 0.05) is 42.1 Å². The molecule has 1 amide bonds. The third-order valence-electron chi connectivity index (χ3n) is 6.27. The van der Waals surface area contributed by atoms with Gasteiger partial charge in [0.2, 0.25) is 0 Å². The predicted octanol–water partition coefficient (Wildman–Crippen LogP) is 3.69. The van der Waals surface area contributed by atoms with Crippen molar-refractivity contribution in [1.82, 2.24) is 9.58 Å². The first-order chi connectivity index (χ1) is 16.0. The first-order valence-electron chi connectivity index (χ1n) is 10.8. The topological polar surface area (TPSA) is 54.8 Å². The van der Waals surface area contributed by atoms with E-state index in [2.05, 4.69) is 12.1 Å². The summed E-state index contributed by atoms with van der Waals surface area (Å²) in [5, 5.41) is 2.04. The van der Waals surface area contributed by atoms with Gasteiger partial charge < -0.3 is 9.64 Å². The van der Waals surface area contributed by atoms with Crippen molar-refractivity contribution in [2.24, 2.45) is 0 Å². The van der Waals surface area contributed by atoms with E-state index in [9.17, 15) is 14.0 Å². The fraction of sp³-hybridized carbons (Fsp3) is 0.280. The van der Waals surface area contributed by atoms with E-state index in [0.29, 0.717) is 24.4 Å². The zero-order chi connectivity index (χ0) is 23.1. The fourth-order valence-electron chi connectivity index (χ4n) is 4.58. The summed E-state index contributed by atoms with van der Waals surface area (Å²) < 4.78 is 21.5. The van der Waals surface area contributed by atoms with E-state index in [1.54, 1.807) is 47.6 Å². The lowest BCUT2D eigenvalue weighted by molar-refractivity contribution is 0.0618. The zero-order valence-electron chi connectivity index (χ0n) is 18.5. The number of benzene rings is 2. The van der Waals surface area contributed by atoms with Crippen LogP contribution in [0.3, 0.4) is 0 Å². The lowest BCUT2D eigenvalue weighted by Gasteiger charge is -2.44. The van der Waals surface area contributed by atoms with Gasteiger partial charge >= 0.3 is 0 Å². The number of nitrogens with zero attached hydrogens (tertiary/aromatic N) is 3. The molecule has 1 aromatic heterocycles. The smallest absolute Gasteiger partial charge is 0.274 e. The minimum atomic E-state index is -0.347. The first kappa shape index (κ1) is 21.7. The second kappa shape index (κ2) is 8.68. The molecule has 5 rings (SSSR count). The molecule has 3 heterocycles. The monoisotopic (exact) mass is 465 g/mol. The van der Waals surface area contributed by atoms with Crippen LogP contribution in [0.15, 0.2) is 64.4 Å². The summed E-state index contributed by atoms with van der Waals surface area (Å²) in [5.74, 6) is 0.246. The summed E-state index contributed by atoms with van der Waals surface area (Å²) >= 11 is 1.68. The maximum Gasteiger partial charge on any atom is 0.274 e. The number of fused-ring (bicyclic) bond motifs is 3. The van der Waals surface area contributed by atoms with Crippen LogP contribution in [0.2, 0.25) is 0 Å². The maximum absolute atomic E-state index is 14.5. The Bertz CT molecular complexity index is 1290. The molecule has 0 spiro atoms. The van der Waals surface area contributed by atoms with Crippen LogP contribution >= 0.6 is 11.8 Å². The maximum atomic E-state index is 14.5. The van der Waals surface area contributed by atoms with Crippen molar-refractivity contribution in [1.29, 1.82) is 0 Å². The van der Waals surface area contributed by atoms with Crippen molar-refractivity contribution in [2.45, 2.75) is 23.6 Å². The molecule has 0 saturated heterocycles. The molecule has 0 saturated carbocycles. The van der Waals surface area contributed by atoms with Crippen LogP contribution in [-0.2, 0) is 10.5 Å². The highest BCUT2D eigenvalue weighted by Gasteiger charge is 2.37. The number of hydrogen-bond acceptors (Lipinski definition) is 5. The molecular weight excluding hydrogens is 441 g/mol. The number of amides is 1. The SMILES string of the molecule is COCCN1CN(C2c3ccccc3CSc3ccc(F)cc32)n2ccc(=O)c(C)c2C1=O. The Kier molecular flexibility index (Phi) is 5.72. The van der Waals surface area contributed by atoms with Gasteiger partial charge in [0.25, 0.3) is 5.91 Å². The van der Waals surface area contributed by atoms with Gasteiger partial charge in [0.1, 0.15) is 18.2 Å². The summed E-state index contributed by atoms with van der Waals surface area (Å²) in [5.41, 5.74) is 3.59. The molecular formula is C25H24FN3O3S. The Hall–Kier alpha value is -3.10. The number of thioether (sulfide) groups is 1. The molecule has 1 unspecified atom stereocenters. The number of carbonyl (C=O) groups excluding carboxylic acids is 1. The van der Waals surface area contributed by atoms with E-state index in [1.165, 1.54) is 12.1 Å². The molecule has 0 bridgehead atoms. The van der Waals surface area contributed by atoms with E-state index in [1.807, 2.05) is 23.2 Å². The largest absolute Gasteiger partial charge is 0.383 e. The van der Waals surface area contributed by atoms with Crippen LogP contribution in [0.4, 0.5) is 4.39 Å². The zero-order valence-corrected chi connectivity index (χ0v) is 19.3. The summed E-state index contributed by atoms with van der Waals surface area (Å²) in [4.78, 5) is 28.5. The molecule has 2 aliphatic rings. The average Bonchev–Trinajstić information content (AvgIpc) is 2.97. The third kappa shape index (κ3) is 3.73. The lowest BCUT2D eigenvalue weighted by atomic mass is 9.94. The van der Waals surface area contributed by atoms with Crippen LogP contribution in [-0.4, -0.2) is 42.4 Å². The molecule has 0 aliphatic carbocycles. The average molecular weight is 466 g/mol. The second-order valence-corrected chi connectivity index (χ2v) is 9.23. The predicted molar refractivity (Wildman–Crippen MR) is 126 cm³/mol. The molecule has 2 aromatic carbocycles. The van der Waals surface area contributed by atoms with Gasteiger partial charge in [0.05, 0.1) is 12.6 Å². The molecule has 0 fully saturated rings. The van der Waals surface area contributed by atoms with Crippen LogP contribution in [0.1, 0.15) is 38.8 Å². The number of carbonyl (C=O) groups is 1. The highest BCUT2D eigenvalue weighted by atomic mass is 32.2. The molecule has 0 N–H and O–H groups in total. The van der Waals surface area contributed by atoms with Crippen LogP contribution < -0.4 is 10.4 Å². The van der Waals surface area contributed by atoms with Crippen LogP contribution in [0.25, 0.3) is 0 Å². The second-order valence-electron chi connectivity index (χ2n) is 8.21. The molecule has 8 heteroatoms. The number of methoxy groups -OCH3 is 1. The lowest BCUT2D eigenvalue weighted by Crippen LogP contribution is -2.56. The van der Waals surface area contributed by atoms with Crippen molar-refractivity contribution < 1.29 is 13.9 Å². The van der Waals surface area contributed by atoms with Crippen LogP contribution in [0, 0.1) is 12.7 Å². The van der Waals surface area contributed by atoms with Crippen molar-refractivity contribution in [3.8, 4) is 0 Å². The summed E-state index contributed by atoms with van der Waals surface area (Å²) in [7, 11) is 1.59. The first-order valence-corrected chi connectivity index (χ1v) is 11.8. The van der Waals surface area contributed by atoms with Crippen molar-refractivity contribution in [3.05, 3.63) is 98.7 Å². The molecule has 2 aliphatic heterocycles. The molecule has 1 atom stereocenters.